The molecule has 3 atom stereocenters. The Morgan fingerprint density at radius 2 is 1.93 bits per heavy atom. The molecule has 1 saturated heterocycles. The van der Waals surface area contributed by atoms with Gasteiger partial charge in [-0.15, -0.1) is 10.2 Å². The van der Waals surface area contributed by atoms with E-state index in [0.717, 1.165) is 41.1 Å². The van der Waals surface area contributed by atoms with Crippen molar-refractivity contribution in [3.05, 3.63) is 24.3 Å². The second-order valence-corrected chi connectivity index (χ2v) is 8.67. The Morgan fingerprint density at radius 3 is 2.63 bits per heavy atom. The highest BCUT2D eigenvalue weighted by molar-refractivity contribution is 7.99. The highest BCUT2D eigenvalue weighted by Gasteiger charge is 2.29. The number of methoxy groups -OCH3 is 1. The van der Waals surface area contributed by atoms with Crippen LogP contribution in [0.4, 0.5) is 0 Å². The number of hydrogen-bond acceptors (Lipinski definition) is 5. The molecule has 6 heteroatoms. The lowest BCUT2D eigenvalue weighted by molar-refractivity contribution is 0.128. The number of aromatic nitrogens is 3. The highest BCUT2D eigenvalue weighted by atomic mass is 32.2. The van der Waals surface area contributed by atoms with Gasteiger partial charge in [0, 0.05) is 24.0 Å². The van der Waals surface area contributed by atoms with E-state index in [9.17, 15) is 0 Å². The van der Waals surface area contributed by atoms with Gasteiger partial charge < -0.3 is 9.47 Å². The van der Waals surface area contributed by atoms with E-state index in [1.807, 2.05) is 12.1 Å². The van der Waals surface area contributed by atoms with Crippen LogP contribution in [0.15, 0.2) is 29.4 Å². The van der Waals surface area contributed by atoms with Gasteiger partial charge in [0.05, 0.1) is 13.2 Å². The van der Waals surface area contributed by atoms with E-state index < -0.39 is 0 Å². The molecule has 0 unspecified atom stereocenters. The molecule has 2 aliphatic rings. The molecule has 1 aliphatic heterocycles. The van der Waals surface area contributed by atoms with E-state index in [0.29, 0.717) is 18.1 Å². The summed E-state index contributed by atoms with van der Waals surface area (Å²) in [5, 5.41) is 10.2. The van der Waals surface area contributed by atoms with Crippen LogP contribution in [0.25, 0.3) is 11.4 Å². The Hall–Kier alpha value is -1.53. The van der Waals surface area contributed by atoms with Crippen molar-refractivity contribution in [1.29, 1.82) is 0 Å². The van der Waals surface area contributed by atoms with Crippen molar-refractivity contribution in [2.45, 2.75) is 62.8 Å². The minimum Gasteiger partial charge on any atom is -0.497 e. The molecule has 27 heavy (non-hydrogen) atoms. The normalized spacial score (nSPS) is 25.6. The zero-order valence-electron chi connectivity index (χ0n) is 16.3. The minimum atomic E-state index is 0.355. The molecule has 2 heterocycles. The fraction of sp³-hybridized carbons (Fsp3) is 0.619. The van der Waals surface area contributed by atoms with Gasteiger partial charge in [0.15, 0.2) is 11.0 Å². The van der Waals surface area contributed by atoms with Gasteiger partial charge in [-0.1, -0.05) is 31.5 Å². The summed E-state index contributed by atoms with van der Waals surface area (Å²) in [5.74, 6) is 3.45. The molecule has 2 fully saturated rings. The lowest BCUT2D eigenvalue weighted by Crippen LogP contribution is -2.23. The van der Waals surface area contributed by atoms with E-state index in [-0.39, 0.29) is 0 Å². The monoisotopic (exact) mass is 387 g/mol. The van der Waals surface area contributed by atoms with Gasteiger partial charge >= 0.3 is 0 Å². The fourth-order valence-electron chi connectivity index (χ4n) is 4.23. The Morgan fingerprint density at radius 1 is 1.11 bits per heavy atom. The first-order valence-electron chi connectivity index (χ1n) is 10.1. The molecule has 146 valence electrons. The van der Waals surface area contributed by atoms with E-state index in [2.05, 4.69) is 33.8 Å². The third kappa shape index (κ3) is 4.16. The first-order chi connectivity index (χ1) is 13.3. The molecule has 1 aliphatic carbocycles. The van der Waals surface area contributed by atoms with Crippen LogP contribution >= 0.6 is 11.8 Å². The molecular formula is C21H29N3O2S. The molecule has 0 bridgehead atoms. The van der Waals surface area contributed by atoms with E-state index in [1.54, 1.807) is 18.9 Å². The maximum Gasteiger partial charge on any atom is 0.191 e. The molecule has 4 rings (SSSR count). The molecule has 1 aromatic carbocycles. The minimum absolute atomic E-state index is 0.355. The van der Waals surface area contributed by atoms with Gasteiger partial charge in [-0.05, 0) is 55.9 Å². The smallest absolute Gasteiger partial charge is 0.191 e. The van der Waals surface area contributed by atoms with Crippen molar-refractivity contribution in [2.75, 3.05) is 19.5 Å². The van der Waals surface area contributed by atoms with E-state index in [1.165, 1.54) is 32.1 Å². The number of rotatable bonds is 6. The summed E-state index contributed by atoms with van der Waals surface area (Å²) in [6.07, 6.45) is 7.78. The molecule has 1 aromatic heterocycles. The van der Waals surface area contributed by atoms with Crippen LogP contribution in [0.3, 0.4) is 0 Å². The average Bonchev–Trinajstić information content (AvgIpc) is 3.36. The largest absolute Gasteiger partial charge is 0.497 e. The summed E-state index contributed by atoms with van der Waals surface area (Å²) in [4.78, 5) is 0. The van der Waals surface area contributed by atoms with Crippen LogP contribution in [-0.4, -0.2) is 40.3 Å². The SMILES string of the molecule is COc1ccc(-c2nnc(SC[C@@H]3CCCO3)n2[C@H]2CCCC[C@H]2C)cc1. The first-order valence-corrected chi connectivity index (χ1v) is 11.1. The summed E-state index contributed by atoms with van der Waals surface area (Å²) >= 11 is 1.80. The van der Waals surface area contributed by atoms with Crippen LogP contribution < -0.4 is 4.74 Å². The molecule has 0 amide bonds. The van der Waals surface area contributed by atoms with Crippen molar-refractivity contribution in [3.63, 3.8) is 0 Å². The summed E-state index contributed by atoms with van der Waals surface area (Å²) < 4.78 is 13.5. The van der Waals surface area contributed by atoms with Gasteiger partial charge in [-0.3, -0.25) is 4.57 Å². The number of nitrogens with zero attached hydrogens (tertiary/aromatic N) is 3. The van der Waals surface area contributed by atoms with Crippen LogP contribution in [-0.2, 0) is 4.74 Å². The number of benzene rings is 1. The van der Waals surface area contributed by atoms with Crippen molar-refractivity contribution in [3.8, 4) is 17.1 Å². The molecule has 1 saturated carbocycles. The summed E-state index contributed by atoms with van der Waals surface area (Å²) in [6.45, 7) is 3.27. The Labute approximate surface area is 165 Å². The zero-order chi connectivity index (χ0) is 18.6. The maximum absolute atomic E-state index is 5.81. The van der Waals surface area contributed by atoms with Gasteiger partial charge in [0.2, 0.25) is 0 Å². The van der Waals surface area contributed by atoms with Crippen LogP contribution in [0.1, 0.15) is 51.5 Å². The van der Waals surface area contributed by atoms with Crippen molar-refractivity contribution in [1.82, 2.24) is 14.8 Å². The zero-order valence-corrected chi connectivity index (χ0v) is 17.1. The molecule has 0 spiro atoms. The Bertz CT molecular complexity index is 740. The Kier molecular flexibility index (Phi) is 6.03. The second kappa shape index (κ2) is 8.65. The summed E-state index contributed by atoms with van der Waals surface area (Å²) in [7, 11) is 1.70. The number of ether oxygens (including phenoxy) is 2. The van der Waals surface area contributed by atoms with E-state index >= 15 is 0 Å². The van der Waals surface area contributed by atoms with Crippen LogP contribution in [0.2, 0.25) is 0 Å². The number of thioether (sulfide) groups is 1. The predicted molar refractivity (Wildman–Crippen MR) is 108 cm³/mol. The Balaban J connectivity index is 1.64. The standard InChI is InChI=1S/C21H29N3O2S/c1-15-6-3-4-8-19(15)24-20(16-9-11-17(25-2)12-10-16)22-23-21(24)27-14-18-7-5-13-26-18/h9-12,15,18-19H,3-8,13-14H2,1-2H3/t15-,18+,19+/m1/s1. The second-order valence-electron chi connectivity index (χ2n) is 7.68. The van der Waals surface area contributed by atoms with Gasteiger partial charge in [0.1, 0.15) is 5.75 Å². The molecule has 2 aromatic rings. The van der Waals surface area contributed by atoms with Gasteiger partial charge in [-0.25, -0.2) is 0 Å². The maximum atomic E-state index is 5.81. The molecule has 5 nitrogen and oxygen atoms in total. The van der Waals surface area contributed by atoms with Crippen LogP contribution in [0.5, 0.6) is 5.75 Å². The van der Waals surface area contributed by atoms with Gasteiger partial charge in [0.25, 0.3) is 0 Å². The summed E-state index contributed by atoms with van der Waals surface area (Å²) in [6, 6.07) is 8.64. The fourth-order valence-corrected chi connectivity index (χ4v) is 5.29. The topological polar surface area (TPSA) is 49.2 Å². The number of hydrogen-bond donors (Lipinski definition) is 0. The van der Waals surface area contributed by atoms with Gasteiger partial charge in [-0.2, -0.15) is 0 Å². The molecule has 0 radical (unpaired) electrons. The highest BCUT2D eigenvalue weighted by Crippen LogP contribution is 2.39. The van der Waals surface area contributed by atoms with Crippen molar-refractivity contribution >= 4 is 11.8 Å². The molecule has 0 N–H and O–H groups in total. The lowest BCUT2D eigenvalue weighted by atomic mass is 9.85. The van der Waals surface area contributed by atoms with Crippen LogP contribution in [0, 0.1) is 5.92 Å². The van der Waals surface area contributed by atoms with Crippen molar-refractivity contribution in [2.24, 2.45) is 5.92 Å². The first kappa shape index (κ1) is 18.8. The van der Waals surface area contributed by atoms with Crippen molar-refractivity contribution < 1.29 is 9.47 Å². The molecular weight excluding hydrogens is 358 g/mol. The third-order valence-corrected chi connectivity index (χ3v) is 6.91. The predicted octanol–water partition coefficient (Wildman–Crippen LogP) is 4.98. The third-order valence-electron chi connectivity index (χ3n) is 5.83. The quantitative estimate of drug-likeness (QED) is 0.655. The van der Waals surface area contributed by atoms with E-state index in [4.69, 9.17) is 9.47 Å². The average molecular weight is 388 g/mol. The lowest BCUT2D eigenvalue weighted by Gasteiger charge is -2.31. The summed E-state index contributed by atoms with van der Waals surface area (Å²) in [5.41, 5.74) is 1.10.